The molecular formula is C13H18BrClN2. The van der Waals surface area contributed by atoms with Crippen LogP contribution in [0, 0.1) is 11.8 Å². The van der Waals surface area contributed by atoms with Crippen molar-refractivity contribution < 1.29 is 0 Å². The van der Waals surface area contributed by atoms with Crippen molar-refractivity contribution in [2.75, 3.05) is 5.32 Å². The number of hydrogen-bond acceptors (Lipinski definition) is 2. The van der Waals surface area contributed by atoms with Crippen molar-refractivity contribution in [1.82, 2.24) is 4.98 Å². The van der Waals surface area contributed by atoms with Crippen LogP contribution in [0.4, 0.5) is 5.69 Å². The Balaban J connectivity index is 2.02. The zero-order valence-corrected chi connectivity index (χ0v) is 12.6. The van der Waals surface area contributed by atoms with Gasteiger partial charge in [0, 0.05) is 6.04 Å². The minimum atomic E-state index is 0.515. The van der Waals surface area contributed by atoms with Gasteiger partial charge in [-0.05, 0) is 53.1 Å². The Labute approximate surface area is 116 Å². The van der Waals surface area contributed by atoms with E-state index in [-0.39, 0.29) is 0 Å². The SMILES string of the molecule is CC1CCC(Nc2cnc(Cl)c(Br)c2)C(C)C1. The van der Waals surface area contributed by atoms with Gasteiger partial charge < -0.3 is 5.32 Å². The Morgan fingerprint density at radius 1 is 1.41 bits per heavy atom. The summed E-state index contributed by atoms with van der Waals surface area (Å²) in [5, 5.41) is 4.08. The molecule has 3 unspecified atom stereocenters. The number of nitrogens with one attached hydrogen (secondary N) is 1. The summed E-state index contributed by atoms with van der Waals surface area (Å²) >= 11 is 9.29. The van der Waals surface area contributed by atoms with Crippen molar-refractivity contribution in [2.45, 2.75) is 39.2 Å². The fourth-order valence-electron chi connectivity index (χ4n) is 2.59. The summed E-state index contributed by atoms with van der Waals surface area (Å²) in [5.41, 5.74) is 1.05. The van der Waals surface area contributed by atoms with Crippen molar-refractivity contribution in [3.63, 3.8) is 0 Å². The number of pyridine rings is 1. The van der Waals surface area contributed by atoms with Crippen molar-refractivity contribution in [3.05, 3.63) is 21.9 Å². The van der Waals surface area contributed by atoms with Gasteiger partial charge in [-0.3, -0.25) is 0 Å². The van der Waals surface area contributed by atoms with Gasteiger partial charge in [0.15, 0.2) is 0 Å². The van der Waals surface area contributed by atoms with E-state index in [9.17, 15) is 0 Å². The second-order valence-electron chi connectivity index (χ2n) is 5.14. The molecule has 0 amide bonds. The Morgan fingerprint density at radius 2 is 2.18 bits per heavy atom. The first-order chi connectivity index (χ1) is 8.06. The number of rotatable bonds is 2. The van der Waals surface area contributed by atoms with Crippen molar-refractivity contribution >= 4 is 33.2 Å². The first kappa shape index (κ1) is 13.2. The second kappa shape index (κ2) is 5.57. The van der Waals surface area contributed by atoms with Crippen LogP contribution < -0.4 is 5.32 Å². The van der Waals surface area contributed by atoms with Crippen LogP contribution in [0.15, 0.2) is 16.7 Å². The summed E-state index contributed by atoms with van der Waals surface area (Å²) in [7, 11) is 0. The number of nitrogens with zero attached hydrogens (tertiary/aromatic N) is 1. The lowest BCUT2D eigenvalue weighted by atomic mass is 9.80. The molecule has 3 atom stereocenters. The molecule has 1 fully saturated rings. The molecule has 1 heterocycles. The zero-order valence-electron chi connectivity index (χ0n) is 10.2. The summed E-state index contributed by atoms with van der Waals surface area (Å²) in [6.45, 7) is 4.67. The molecule has 2 nitrogen and oxygen atoms in total. The van der Waals surface area contributed by atoms with Crippen molar-refractivity contribution in [1.29, 1.82) is 0 Å². The molecule has 2 rings (SSSR count). The fraction of sp³-hybridized carbons (Fsp3) is 0.615. The van der Waals surface area contributed by atoms with Gasteiger partial charge in [0.25, 0.3) is 0 Å². The maximum absolute atomic E-state index is 5.89. The lowest BCUT2D eigenvalue weighted by molar-refractivity contribution is 0.276. The molecule has 17 heavy (non-hydrogen) atoms. The topological polar surface area (TPSA) is 24.9 Å². The average molecular weight is 318 g/mol. The molecule has 0 bridgehead atoms. The molecule has 0 aliphatic heterocycles. The highest BCUT2D eigenvalue weighted by Gasteiger charge is 2.25. The molecule has 1 aromatic heterocycles. The van der Waals surface area contributed by atoms with E-state index in [4.69, 9.17) is 11.6 Å². The molecule has 0 aromatic carbocycles. The number of halogens is 2. The van der Waals surface area contributed by atoms with E-state index in [1.165, 1.54) is 19.3 Å². The third kappa shape index (κ3) is 3.35. The molecule has 0 spiro atoms. The van der Waals surface area contributed by atoms with Gasteiger partial charge in [-0.25, -0.2) is 4.98 Å². The summed E-state index contributed by atoms with van der Waals surface area (Å²) in [5.74, 6) is 1.58. The van der Waals surface area contributed by atoms with Gasteiger partial charge >= 0.3 is 0 Å². The summed E-state index contributed by atoms with van der Waals surface area (Å²) < 4.78 is 0.848. The number of hydrogen-bond donors (Lipinski definition) is 1. The van der Waals surface area contributed by atoms with E-state index in [0.29, 0.717) is 17.1 Å². The molecule has 0 saturated heterocycles. The van der Waals surface area contributed by atoms with Crippen LogP contribution in [-0.2, 0) is 0 Å². The summed E-state index contributed by atoms with van der Waals surface area (Å²) in [6, 6.07) is 2.56. The van der Waals surface area contributed by atoms with Gasteiger partial charge in [-0.15, -0.1) is 0 Å². The molecular weight excluding hydrogens is 300 g/mol. The quantitative estimate of drug-likeness (QED) is 0.797. The van der Waals surface area contributed by atoms with E-state index in [1.54, 1.807) is 6.20 Å². The monoisotopic (exact) mass is 316 g/mol. The highest BCUT2D eigenvalue weighted by molar-refractivity contribution is 9.10. The third-order valence-corrected chi connectivity index (χ3v) is 4.71. The Morgan fingerprint density at radius 3 is 2.82 bits per heavy atom. The lowest BCUT2D eigenvalue weighted by Gasteiger charge is -2.33. The lowest BCUT2D eigenvalue weighted by Crippen LogP contribution is -2.33. The minimum Gasteiger partial charge on any atom is -0.381 e. The second-order valence-corrected chi connectivity index (χ2v) is 6.36. The smallest absolute Gasteiger partial charge is 0.143 e. The molecule has 4 heteroatoms. The first-order valence-corrected chi connectivity index (χ1v) is 7.31. The largest absolute Gasteiger partial charge is 0.381 e. The van der Waals surface area contributed by atoms with Crippen LogP contribution in [-0.4, -0.2) is 11.0 Å². The Kier molecular flexibility index (Phi) is 4.31. The van der Waals surface area contributed by atoms with Crippen LogP contribution in [0.2, 0.25) is 5.15 Å². The molecule has 1 aromatic rings. The van der Waals surface area contributed by atoms with Crippen LogP contribution in [0.3, 0.4) is 0 Å². The summed E-state index contributed by atoms with van der Waals surface area (Å²) in [4.78, 5) is 4.14. The van der Waals surface area contributed by atoms with Crippen LogP contribution >= 0.6 is 27.5 Å². The van der Waals surface area contributed by atoms with E-state index in [0.717, 1.165) is 16.1 Å². The highest BCUT2D eigenvalue weighted by Crippen LogP contribution is 2.31. The van der Waals surface area contributed by atoms with Gasteiger partial charge in [0.1, 0.15) is 5.15 Å². The van der Waals surface area contributed by atoms with Crippen LogP contribution in [0.1, 0.15) is 33.1 Å². The van der Waals surface area contributed by atoms with Crippen molar-refractivity contribution in [3.8, 4) is 0 Å². The predicted octanol–water partition coefficient (Wildman–Crippen LogP) is 4.73. The molecule has 1 saturated carbocycles. The Bertz CT molecular complexity index is 397. The Hall–Kier alpha value is -0.280. The normalized spacial score (nSPS) is 29.1. The van der Waals surface area contributed by atoms with E-state index < -0.39 is 0 Å². The third-order valence-electron chi connectivity index (χ3n) is 3.58. The first-order valence-electron chi connectivity index (χ1n) is 6.14. The number of anilines is 1. The molecule has 0 radical (unpaired) electrons. The molecule has 1 N–H and O–H groups in total. The van der Waals surface area contributed by atoms with Crippen LogP contribution in [0.25, 0.3) is 0 Å². The van der Waals surface area contributed by atoms with E-state index in [2.05, 4.69) is 40.1 Å². The van der Waals surface area contributed by atoms with Gasteiger partial charge in [0.2, 0.25) is 0 Å². The zero-order chi connectivity index (χ0) is 12.4. The van der Waals surface area contributed by atoms with Crippen molar-refractivity contribution in [2.24, 2.45) is 11.8 Å². The molecule has 1 aliphatic rings. The highest BCUT2D eigenvalue weighted by atomic mass is 79.9. The summed E-state index contributed by atoms with van der Waals surface area (Å²) in [6.07, 6.45) is 5.66. The van der Waals surface area contributed by atoms with Crippen LogP contribution in [0.5, 0.6) is 0 Å². The van der Waals surface area contributed by atoms with Gasteiger partial charge in [-0.1, -0.05) is 25.4 Å². The standard InChI is InChI=1S/C13H18BrClN2/c1-8-3-4-12(9(2)5-8)17-10-6-11(14)13(15)16-7-10/h6-9,12,17H,3-5H2,1-2H3. The molecule has 1 aliphatic carbocycles. The van der Waals surface area contributed by atoms with Gasteiger partial charge in [0.05, 0.1) is 16.4 Å². The predicted molar refractivity (Wildman–Crippen MR) is 76.5 cm³/mol. The minimum absolute atomic E-state index is 0.515. The van der Waals surface area contributed by atoms with E-state index >= 15 is 0 Å². The van der Waals surface area contributed by atoms with E-state index in [1.807, 2.05) is 6.07 Å². The maximum Gasteiger partial charge on any atom is 0.143 e. The maximum atomic E-state index is 5.89. The average Bonchev–Trinajstić information content (AvgIpc) is 2.27. The van der Waals surface area contributed by atoms with Gasteiger partial charge in [-0.2, -0.15) is 0 Å². The molecule has 94 valence electrons. The fourth-order valence-corrected chi connectivity index (χ4v) is 3.05. The number of aromatic nitrogens is 1.